The minimum atomic E-state index is -0.0270. The normalized spacial score (nSPS) is 11.9. The fourth-order valence-corrected chi connectivity index (χ4v) is 2.30. The molecule has 0 aliphatic rings. The number of rotatable bonds is 6. The summed E-state index contributed by atoms with van der Waals surface area (Å²) in [5.74, 6) is 0.714. The summed E-state index contributed by atoms with van der Waals surface area (Å²) in [4.78, 5) is 0. The molecule has 1 atom stereocenters. The average molecular weight is 271 g/mol. The van der Waals surface area contributed by atoms with E-state index in [0.29, 0.717) is 5.75 Å². The van der Waals surface area contributed by atoms with E-state index in [9.17, 15) is 5.11 Å². The first-order valence-corrected chi connectivity index (χ1v) is 6.87. The van der Waals surface area contributed by atoms with E-state index in [0.717, 1.165) is 17.7 Å². The van der Waals surface area contributed by atoms with E-state index in [2.05, 4.69) is 24.4 Å². The molecule has 0 spiro atoms. The van der Waals surface area contributed by atoms with Crippen LogP contribution >= 0.6 is 0 Å². The second kappa shape index (κ2) is 6.96. The van der Waals surface area contributed by atoms with Crippen LogP contribution in [0.25, 0.3) is 0 Å². The van der Waals surface area contributed by atoms with Gasteiger partial charge in [-0.3, -0.25) is 0 Å². The van der Waals surface area contributed by atoms with E-state index >= 15 is 0 Å². The molecule has 0 aromatic heterocycles. The molecule has 0 heterocycles. The molecule has 1 unspecified atom stereocenters. The van der Waals surface area contributed by atoms with Crippen LogP contribution in [0.1, 0.15) is 30.5 Å². The molecule has 0 aliphatic heterocycles. The molecule has 0 fully saturated rings. The summed E-state index contributed by atoms with van der Waals surface area (Å²) in [6.45, 7) is 2.13. The highest BCUT2D eigenvalue weighted by Crippen LogP contribution is 2.27. The lowest BCUT2D eigenvalue weighted by Gasteiger charge is -2.19. The molecule has 3 heteroatoms. The molecule has 0 radical (unpaired) electrons. The molecular weight excluding hydrogens is 250 g/mol. The predicted molar refractivity (Wildman–Crippen MR) is 82.0 cm³/mol. The first kappa shape index (κ1) is 14.4. The van der Waals surface area contributed by atoms with Gasteiger partial charge in [-0.2, -0.15) is 0 Å². The molecule has 20 heavy (non-hydrogen) atoms. The Morgan fingerprint density at radius 2 is 1.90 bits per heavy atom. The molecule has 106 valence electrons. The maximum atomic E-state index is 9.37. The quantitative estimate of drug-likeness (QED) is 0.840. The second-order valence-corrected chi connectivity index (χ2v) is 4.70. The highest BCUT2D eigenvalue weighted by molar-refractivity contribution is 5.52. The van der Waals surface area contributed by atoms with E-state index < -0.39 is 0 Å². The van der Waals surface area contributed by atoms with Crippen LogP contribution in [0.2, 0.25) is 0 Å². The minimum absolute atomic E-state index is 0.0270. The number of aliphatic hydroxyl groups excluding tert-OH is 1. The standard InChI is InChI=1S/C17H21NO2/c1-3-16(13-7-5-4-6-8-13)18-15-9-10-17(20-2)14(11-15)12-19/h4-11,16,18-19H,3,12H2,1-2H3. The molecule has 0 aliphatic carbocycles. The summed E-state index contributed by atoms with van der Waals surface area (Å²) in [7, 11) is 1.61. The van der Waals surface area contributed by atoms with Crippen molar-refractivity contribution in [3.05, 3.63) is 59.7 Å². The third-order valence-electron chi connectivity index (χ3n) is 3.40. The van der Waals surface area contributed by atoms with Crippen molar-refractivity contribution in [1.82, 2.24) is 0 Å². The zero-order valence-corrected chi connectivity index (χ0v) is 12.0. The lowest BCUT2D eigenvalue weighted by Crippen LogP contribution is -2.09. The van der Waals surface area contributed by atoms with Crippen molar-refractivity contribution in [2.45, 2.75) is 26.0 Å². The smallest absolute Gasteiger partial charge is 0.124 e. The second-order valence-electron chi connectivity index (χ2n) is 4.70. The van der Waals surface area contributed by atoms with Gasteiger partial charge in [-0.15, -0.1) is 0 Å². The van der Waals surface area contributed by atoms with Gasteiger partial charge in [0.2, 0.25) is 0 Å². The zero-order chi connectivity index (χ0) is 14.4. The molecule has 2 aromatic rings. The maximum absolute atomic E-state index is 9.37. The number of hydrogen-bond donors (Lipinski definition) is 2. The summed E-state index contributed by atoms with van der Waals surface area (Å²) in [6.07, 6.45) is 0.991. The van der Waals surface area contributed by atoms with Gasteiger partial charge < -0.3 is 15.2 Å². The molecule has 2 N–H and O–H groups in total. The topological polar surface area (TPSA) is 41.5 Å². The Hall–Kier alpha value is -2.00. The SMILES string of the molecule is CCC(Nc1ccc(OC)c(CO)c1)c1ccccc1. The summed E-state index contributed by atoms with van der Waals surface area (Å²) in [5.41, 5.74) is 3.04. The van der Waals surface area contributed by atoms with Crippen molar-refractivity contribution in [2.24, 2.45) is 0 Å². The monoisotopic (exact) mass is 271 g/mol. The minimum Gasteiger partial charge on any atom is -0.496 e. The van der Waals surface area contributed by atoms with Crippen molar-refractivity contribution >= 4 is 5.69 Å². The van der Waals surface area contributed by atoms with Gasteiger partial charge in [0.15, 0.2) is 0 Å². The largest absolute Gasteiger partial charge is 0.496 e. The van der Waals surface area contributed by atoms with Crippen LogP contribution < -0.4 is 10.1 Å². The van der Waals surface area contributed by atoms with E-state index in [4.69, 9.17) is 4.74 Å². The van der Waals surface area contributed by atoms with Gasteiger partial charge >= 0.3 is 0 Å². The van der Waals surface area contributed by atoms with Gasteiger partial charge in [0.1, 0.15) is 5.75 Å². The Labute approximate surface area is 120 Å². The number of methoxy groups -OCH3 is 1. The molecule has 2 aromatic carbocycles. The summed E-state index contributed by atoms with van der Waals surface area (Å²) in [5, 5.41) is 12.9. The molecule has 3 nitrogen and oxygen atoms in total. The fraction of sp³-hybridized carbons (Fsp3) is 0.294. The van der Waals surface area contributed by atoms with Crippen molar-refractivity contribution in [3.63, 3.8) is 0 Å². The Balaban J connectivity index is 2.20. The number of nitrogens with one attached hydrogen (secondary N) is 1. The lowest BCUT2D eigenvalue weighted by atomic mass is 10.0. The van der Waals surface area contributed by atoms with Crippen LogP contribution in [-0.2, 0) is 6.61 Å². The fourth-order valence-electron chi connectivity index (χ4n) is 2.30. The first-order valence-electron chi connectivity index (χ1n) is 6.87. The van der Waals surface area contributed by atoms with Gasteiger partial charge in [-0.1, -0.05) is 37.3 Å². The summed E-state index contributed by atoms with van der Waals surface area (Å²) in [6, 6.07) is 16.4. The highest BCUT2D eigenvalue weighted by atomic mass is 16.5. The van der Waals surface area contributed by atoms with Crippen molar-refractivity contribution in [1.29, 1.82) is 0 Å². The van der Waals surface area contributed by atoms with Gasteiger partial charge in [0.05, 0.1) is 19.8 Å². The Morgan fingerprint density at radius 1 is 1.15 bits per heavy atom. The zero-order valence-electron chi connectivity index (χ0n) is 12.0. The summed E-state index contributed by atoms with van der Waals surface area (Å²) < 4.78 is 5.22. The maximum Gasteiger partial charge on any atom is 0.124 e. The lowest BCUT2D eigenvalue weighted by molar-refractivity contribution is 0.274. The number of benzene rings is 2. The molecule has 0 saturated heterocycles. The van der Waals surface area contributed by atoms with Crippen LogP contribution in [0.5, 0.6) is 5.75 Å². The van der Waals surface area contributed by atoms with Crippen LogP contribution in [-0.4, -0.2) is 12.2 Å². The van der Waals surface area contributed by atoms with E-state index in [1.807, 2.05) is 36.4 Å². The summed E-state index contributed by atoms with van der Waals surface area (Å²) >= 11 is 0. The van der Waals surface area contributed by atoms with Crippen LogP contribution in [0.3, 0.4) is 0 Å². The van der Waals surface area contributed by atoms with Gasteiger partial charge in [-0.05, 0) is 30.2 Å². The number of anilines is 1. The van der Waals surface area contributed by atoms with E-state index in [1.54, 1.807) is 7.11 Å². The first-order chi connectivity index (χ1) is 9.78. The van der Waals surface area contributed by atoms with E-state index in [1.165, 1.54) is 5.56 Å². The van der Waals surface area contributed by atoms with Crippen molar-refractivity contribution < 1.29 is 9.84 Å². The van der Waals surface area contributed by atoms with Crippen molar-refractivity contribution in [3.8, 4) is 5.75 Å². The molecular formula is C17H21NO2. The van der Waals surface area contributed by atoms with E-state index in [-0.39, 0.29) is 12.6 Å². The molecule has 0 amide bonds. The Morgan fingerprint density at radius 3 is 2.50 bits per heavy atom. The number of ether oxygens (including phenoxy) is 1. The predicted octanol–water partition coefficient (Wildman–Crippen LogP) is 3.75. The van der Waals surface area contributed by atoms with Crippen molar-refractivity contribution in [2.75, 3.05) is 12.4 Å². The van der Waals surface area contributed by atoms with Gasteiger partial charge in [0.25, 0.3) is 0 Å². The molecule has 2 rings (SSSR count). The average Bonchev–Trinajstić information content (AvgIpc) is 2.53. The molecule has 0 saturated carbocycles. The third kappa shape index (κ3) is 3.31. The van der Waals surface area contributed by atoms with Gasteiger partial charge in [-0.25, -0.2) is 0 Å². The van der Waals surface area contributed by atoms with Crippen LogP contribution in [0.4, 0.5) is 5.69 Å². The Kier molecular flexibility index (Phi) is 5.02. The Bertz CT molecular complexity index is 540. The number of hydrogen-bond acceptors (Lipinski definition) is 3. The third-order valence-corrected chi connectivity index (χ3v) is 3.40. The van der Waals surface area contributed by atoms with Gasteiger partial charge in [0, 0.05) is 11.3 Å². The molecule has 0 bridgehead atoms. The highest BCUT2D eigenvalue weighted by Gasteiger charge is 2.10. The van der Waals surface area contributed by atoms with Crippen LogP contribution in [0, 0.1) is 0 Å². The number of aliphatic hydroxyl groups is 1. The van der Waals surface area contributed by atoms with Crippen LogP contribution in [0.15, 0.2) is 48.5 Å².